The maximum Gasteiger partial charge on any atom is 0.272 e. The molecular formula is C13H14F4N2O2. The van der Waals surface area contributed by atoms with Crippen molar-refractivity contribution in [3.63, 3.8) is 0 Å². The molecule has 0 aromatic heterocycles. The monoisotopic (exact) mass is 306 g/mol. The largest absolute Gasteiger partial charge is 0.488 e. The van der Waals surface area contributed by atoms with Crippen LogP contribution in [-0.2, 0) is 4.79 Å². The van der Waals surface area contributed by atoms with E-state index in [0.29, 0.717) is 5.69 Å². The number of hydrogen-bond acceptors (Lipinski definition) is 3. The Morgan fingerprint density at radius 3 is 2.57 bits per heavy atom. The van der Waals surface area contributed by atoms with Gasteiger partial charge in [-0.25, -0.2) is 17.6 Å². The number of carbonyl (C=O) groups is 1. The van der Waals surface area contributed by atoms with E-state index in [1.807, 2.05) is 0 Å². The summed E-state index contributed by atoms with van der Waals surface area (Å²) >= 11 is 0. The molecule has 1 aromatic carbocycles. The Balaban J connectivity index is 1.87. The molecule has 116 valence electrons. The average Bonchev–Trinajstić information content (AvgIpc) is 2.78. The highest BCUT2D eigenvalue weighted by molar-refractivity contribution is 5.95. The van der Waals surface area contributed by atoms with Crippen molar-refractivity contribution in [2.75, 3.05) is 18.5 Å². The Labute approximate surface area is 118 Å². The van der Waals surface area contributed by atoms with Crippen molar-refractivity contribution in [3.05, 3.63) is 24.3 Å². The minimum Gasteiger partial charge on any atom is -0.488 e. The predicted molar refractivity (Wildman–Crippen MR) is 67.9 cm³/mol. The minimum absolute atomic E-state index is 0.235. The number of anilines is 1. The third-order valence-corrected chi connectivity index (χ3v) is 2.92. The first-order valence-electron chi connectivity index (χ1n) is 6.29. The van der Waals surface area contributed by atoms with Crippen LogP contribution in [0.4, 0.5) is 23.2 Å². The van der Waals surface area contributed by atoms with Crippen LogP contribution in [0.1, 0.15) is 6.42 Å². The van der Waals surface area contributed by atoms with Crippen LogP contribution in [0, 0.1) is 0 Å². The fourth-order valence-corrected chi connectivity index (χ4v) is 1.92. The molecule has 4 nitrogen and oxygen atoms in total. The molecule has 2 rings (SSSR count). The molecule has 0 spiro atoms. The van der Waals surface area contributed by atoms with Crippen molar-refractivity contribution in [2.45, 2.75) is 24.8 Å². The van der Waals surface area contributed by atoms with Crippen molar-refractivity contribution in [3.8, 4) is 5.75 Å². The summed E-state index contributed by atoms with van der Waals surface area (Å²) in [6.07, 6.45) is -3.12. The van der Waals surface area contributed by atoms with Crippen molar-refractivity contribution < 1.29 is 27.1 Å². The van der Waals surface area contributed by atoms with Crippen LogP contribution in [-0.4, -0.2) is 37.4 Å². The molecule has 1 heterocycles. The second-order valence-corrected chi connectivity index (χ2v) is 4.71. The average molecular weight is 306 g/mol. The fourth-order valence-electron chi connectivity index (χ4n) is 1.92. The second-order valence-electron chi connectivity index (χ2n) is 4.71. The Kier molecular flexibility index (Phi) is 4.66. The van der Waals surface area contributed by atoms with Gasteiger partial charge in [-0.3, -0.25) is 10.1 Å². The zero-order chi connectivity index (χ0) is 15.5. The molecule has 1 amide bonds. The van der Waals surface area contributed by atoms with E-state index < -0.39 is 43.9 Å². The van der Waals surface area contributed by atoms with Gasteiger partial charge < -0.3 is 10.1 Å². The number of halogens is 4. The highest BCUT2D eigenvalue weighted by atomic mass is 19.3. The van der Waals surface area contributed by atoms with Gasteiger partial charge in [0.15, 0.2) is 0 Å². The number of benzene rings is 1. The molecule has 1 saturated heterocycles. The first kappa shape index (κ1) is 15.6. The number of carbonyl (C=O) groups excluding carboxylic acids is 1. The molecule has 2 N–H and O–H groups in total. The van der Waals surface area contributed by atoms with Gasteiger partial charge in [-0.05, 0) is 24.3 Å². The van der Waals surface area contributed by atoms with Gasteiger partial charge in [0.25, 0.3) is 12.3 Å². The molecule has 1 aromatic rings. The van der Waals surface area contributed by atoms with Gasteiger partial charge in [-0.15, -0.1) is 0 Å². The summed E-state index contributed by atoms with van der Waals surface area (Å²) < 4.78 is 54.6. The number of nitrogens with one attached hydrogen (secondary N) is 2. The van der Waals surface area contributed by atoms with Gasteiger partial charge in [-0.1, -0.05) is 0 Å². The summed E-state index contributed by atoms with van der Waals surface area (Å²) in [6, 6.07) is 4.77. The number of ether oxygens (including phenoxy) is 1. The van der Waals surface area contributed by atoms with E-state index in [0.717, 1.165) is 0 Å². The number of amides is 1. The third-order valence-electron chi connectivity index (χ3n) is 2.92. The molecule has 1 fully saturated rings. The lowest BCUT2D eigenvalue weighted by molar-refractivity contribution is -0.118. The van der Waals surface area contributed by atoms with Crippen molar-refractivity contribution >= 4 is 11.6 Å². The summed E-state index contributed by atoms with van der Waals surface area (Å²) in [5.41, 5.74) is 0.376. The van der Waals surface area contributed by atoms with Gasteiger partial charge >= 0.3 is 0 Å². The Bertz CT molecular complexity index is 493. The van der Waals surface area contributed by atoms with E-state index >= 15 is 0 Å². The standard InChI is InChI=1S/C13H14F4N2O2/c14-11(15)6-21-9-3-1-8(2-4-9)19-12(20)10-5-13(16,17)7-18-10/h1-4,10-11,18H,5-7H2,(H,19,20). The van der Waals surface area contributed by atoms with Crippen LogP contribution >= 0.6 is 0 Å². The van der Waals surface area contributed by atoms with Gasteiger partial charge in [0, 0.05) is 12.1 Å². The van der Waals surface area contributed by atoms with E-state index in [2.05, 4.69) is 10.6 Å². The Morgan fingerprint density at radius 1 is 1.38 bits per heavy atom. The summed E-state index contributed by atoms with van der Waals surface area (Å²) in [7, 11) is 0. The first-order valence-corrected chi connectivity index (χ1v) is 6.29. The summed E-state index contributed by atoms with van der Waals surface area (Å²) in [6.45, 7) is -1.24. The molecule has 8 heteroatoms. The van der Waals surface area contributed by atoms with E-state index in [4.69, 9.17) is 4.74 Å². The lowest BCUT2D eigenvalue weighted by Gasteiger charge is -2.12. The van der Waals surface area contributed by atoms with E-state index in [-0.39, 0.29) is 5.75 Å². The molecule has 0 aliphatic carbocycles. The van der Waals surface area contributed by atoms with Gasteiger partial charge in [-0.2, -0.15) is 0 Å². The zero-order valence-electron chi connectivity index (χ0n) is 10.9. The molecular weight excluding hydrogens is 292 g/mol. The molecule has 1 unspecified atom stereocenters. The first-order chi connectivity index (χ1) is 9.85. The van der Waals surface area contributed by atoms with Crippen LogP contribution in [0.2, 0.25) is 0 Å². The number of rotatable bonds is 5. The molecule has 0 saturated carbocycles. The summed E-state index contributed by atoms with van der Waals surface area (Å²) in [4.78, 5) is 11.8. The molecule has 21 heavy (non-hydrogen) atoms. The molecule has 0 bridgehead atoms. The van der Waals surface area contributed by atoms with Gasteiger partial charge in [0.1, 0.15) is 12.4 Å². The SMILES string of the molecule is O=C(Nc1ccc(OCC(F)F)cc1)C1CC(F)(F)CN1. The maximum absolute atomic E-state index is 13.0. The number of alkyl halides is 4. The lowest BCUT2D eigenvalue weighted by atomic mass is 10.2. The highest BCUT2D eigenvalue weighted by Gasteiger charge is 2.42. The van der Waals surface area contributed by atoms with Crippen molar-refractivity contribution in [2.24, 2.45) is 0 Å². The summed E-state index contributed by atoms with van der Waals surface area (Å²) in [5, 5.41) is 4.92. The molecule has 0 radical (unpaired) electrons. The van der Waals surface area contributed by atoms with Crippen LogP contribution in [0.15, 0.2) is 24.3 Å². The minimum atomic E-state index is -2.88. The smallest absolute Gasteiger partial charge is 0.272 e. The molecule has 1 aliphatic rings. The molecule has 1 aliphatic heterocycles. The maximum atomic E-state index is 13.0. The topological polar surface area (TPSA) is 50.4 Å². The van der Waals surface area contributed by atoms with Crippen LogP contribution in [0.3, 0.4) is 0 Å². The van der Waals surface area contributed by atoms with Crippen molar-refractivity contribution in [1.82, 2.24) is 5.32 Å². The highest BCUT2D eigenvalue weighted by Crippen LogP contribution is 2.26. The van der Waals surface area contributed by atoms with E-state index in [1.165, 1.54) is 24.3 Å². The second kappa shape index (κ2) is 6.30. The number of hydrogen-bond donors (Lipinski definition) is 2. The third kappa shape index (κ3) is 4.59. The van der Waals surface area contributed by atoms with Gasteiger partial charge in [0.05, 0.1) is 12.6 Å². The lowest BCUT2D eigenvalue weighted by Crippen LogP contribution is -2.35. The van der Waals surface area contributed by atoms with E-state index in [1.54, 1.807) is 0 Å². The van der Waals surface area contributed by atoms with Gasteiger partial charge in [0.2, 0.25) is 5.91 Å². The quantitative estimate of drug-likeness (QED) is 0.821. The summed E-state index contributed by atoms with van der Waals surface area (Å²) in [5.74, 6) is -3.21. The van der Waals surface area contributed by atoms with Crippen LogP contribution in [0.5, 0.6) is 5.75 Å². The normalized spacial score (nSPS) is 20.5. The van der Waals surface area contributed by atoms with Crippen LogP contribution in [0.25, 0.3) is 0 Å². The van der Waals surface area contributed by atoms with Crippen molar-refractivity contribution in [1.29, 1.82) is 0 Å². The van der Waals surface area contributed by atoms with E-state index in [9.17, 15) is 22.4 Å². The Hall–Kier alpha value is -1.83. The zero-order valence-corrected chi connectivity index (χ0v) is 10.9. The van der Waals surface area contributed by atoms with Crippen LogP contribution < -0.4 is 15.4 Å². The predicted octanol–water partition coefficient (Wildman–Crippen LogP) is 2.27. The fraction of sp³-hybridized carbons (Fsp3) is 0.462. The molecule has 1 atom stereocenters. The Morgan fingerprint density at radius 2 is 2.05 bits per heavy atom.